The topological polar surface area (TPSA) is 69.0 Å². The molecular formula is C20H19F3N4O2S. The molecule has 0 unspecified atom stereocenters. The van der Waals surface area contributed by atoms with E-state index < -0.39 is 17.3 Å². The first-order chi connectivity index (χ1) is 14.3. The first-order valence-corrected chi connectivity index (χ1v) is 9.98. The number of anilines is 2. The van der Waals surface area contributed by atoms with Crippen LogP contribution in [0.3, 0.4) is 0 Å². The zero-order valence-electron chi connectivity index (χ0n) is 16.2. The summed E-state index contributed by atoms with van der Waals surface area (Å²) >= 11 is 1.35. The number of hydrogen-bond donors (Lipinski definition) is 1. The Morgan fingerprint density at radius 1 is 1.13 bits per heavy atom. The van der Waals surface area contributed by atoms with E-state index in [2.05, 4.69) is 15.5 Å². The third-order valence-corrected chi connectivity index (χ3v) is 5.25. The molecule has 1 N–H and O–H groups in total. The summed E-state index contributed by atoms with van der Waals surface area (Å²) in [4.78, 5) is 12.7. The molecule has 0 saturated heterocycles. The molecule has 1 heterocycles. The molecule has 3 rings (SSSR count). The van der Waals surface area contributed by atoms with Gasteiger partial charge in [-0.1, -0.05) is 30.0 Å². The lowest BCUT2D eigenvalue weighted by Crippen LogP contribution is -2.26. The summed E-state index contributed by atoms with van der Waals surface area (Å²) in [7, 11) is 1.59. The van der Waals surface area contributed by atoms with E-state index in [0.29, 0.717) is 17.5 Å². The number of methoxy groups -OCH3 is 1. The minimum Gasteiger partial charge on any atom is -0.497 e. The van der Waals surface area contributed by atoms with Gasteiger partial charge in [0, 0.05) is 18.0 Å². The minimum atomic E-state index is -4.48. The highest BCUT2D eigenvalue weighted by atomic mass is 32.2. The fourth-order valence-electron chi connectivity index (χ4n) is 2.65. The van der Waals surface area contributed by atoms with Crippen molar-refractivity contribution >= 4 is 23.3 Å². The number of hydrogen-bond acceptors (Lipinski definition) is 6. The molecule has 2 aromatic carbocycles. The van der Waals surface area contributed by atoms with Crippen molar-refractivity contribution in [3.8, 4) is 5.75 Å². The van der Waals surface area contributed by atoms with Crippen LogP contribution in [0.4, 0.5) is 24.7 Å². The summed E-state index contributed by atoms with van der Waals surface area (Å²) in [6, 6.07) is 12.1. The van der Waals surface area contributed by atoms with Crippen LogP contribution in [0.15, 0.2) is 58.5 Å². The quantitative estimate of drug-likeness (QED) is 0.541. The van der Waals surface area contributed by atoms with E-state index >= 15 is 0 Å². The van der Waals surface area contributed by atoms with Crippen molar-refractivity contribution < 1.29 is 17.9 Å². The monoisotopic (exact) mass is 436 g/mol. The van der Waals surface area contributed by atoms with Crippen LogP contribution < -0.4 is 15.6 Å². The number of nitrogens with zero attached hydrogens (tertiary/aromatic N) is 3. The molecule has 0 radical (unpaired) electrons. The van der Waals surface area contributed by atoms with Crippen LogP contribution in [0.2, 0.25) is 0 Å². The standard InChI is InChI=1S/C20H19F3N4O2S/c1-3-27-18(28)17(24-15-6-4-5-14(11-15)20(21,22)23)25-26-19(27)30-12-13-7-9-16(29-2)10-8-13/h4-11H,3,12H2,1-2H3,(H,24,25). The highest BCUT2D eigenvalue weighted by Crippen LogP contribution is 2.31. The van der Waals surface area contributed by atoms with Gasteiger partial charge in [-0.25, -0.2) is 0 Å². The fourth-order valence-corrected chi connectivity index (χ4v) is 3.60. The Morgan fingerprint density at radius 3 is 2.50 bits per heavy atom. The van der Waals surface area contributed by atoms with Gasteiger partial charge in [0.15, 0.2) is 5.16 Å². The summed E-state index contributed by atoms with van der Waals surface area (Å²) in [5.74, 6) is 1.18. The highest BCUT2D eigenvalue weighted by molar-refractivity contribution is 7.98. The highest BCUT2D eigenvalue weighted by Gasteiger charge is 2.30. The van der Waals surface area contributed by atoms with Crippen molar-refractivity contribution in [2.45, 2.75) is 30.6 Å². The van der Waals surface area contributed by atoms with Gasteiger partial charge in [0.05, 0.1) is 12.7 Å². The molecule has 3 aromatic rings. The molecule has 0 aliphatic heterocycles. The Bertz CT molecular complexity index is 1070. The molecule has 0 atom stereocenters. The van der Waals surface area contributed by atoms with E-state index in [1.807, 2.05) is 24.3 Å². The second-order valence-corrected chi connectivity index (χ2v) is 7.16. The normalized spacial score (nSPS) is 11.4. The fraction of sp³-hybridized carbons (Fsp3) is 0.250. The van der Waals surface area contributed by atoms with Gasteiger partial charge in [-0.15, -0.1) is 10.2 Å². The lowest BCUT2D eigenvalue weighted by atomic mass is 10.2. The molecular weight excluding hydrogens is 417 g/mol. The van der Waals surface area contributed by atoms with Crippen LogP contribution >= 0.6 is 11.8 Å². The number of benzene rings is 2. The second-order valence-electron chi connectivity index (χ2n) is 6.22. The number of ether oxygens (including phenoxy) is 1. The largest absolute Gasteiger partial charge is 0.497 e. The van der Waals surface area contributed by atoms with Crippen molar-refractivity contribution in [2.75, 3.05) is 12.4 Å². The minimum absolute atomic E-state index is 0.109. The Morgan fingerprint density at radius 2 is 1.87 bits per heavy atom. The van der Waals surface area contributed by atoms with E-state index in [1.54, 1.807) is 14.0 Å². The zero-order valence-corrected chi connectivity index (χ0v) is 17.0. The van der Waals surface area contributed by atoms with Crippen LogP contribution in [0.5, 0.6) is 5.75 Å². The maximum atomic E-state index is 12.9. The molecule has 0 spiro atoms. The van der Waals surface area contributed by atoms with Gasteiger partial charge >= 0.3 is 6.18 Å². The summed E-state index contributed by atoms with van der Waals surface area (Å²) in [5, 5.41) is 11.1. The van der Waals surface area contributed by atoms with Crippen LogP contribution in [0.1, 0.15) is 18.1 Å². The maximum Gasteiger partial charge on any atom is 0.416 e. The van der Waals surface area contributed by atoms with Crippen molar-refractivity contribution in [1.29, 1.82) is 0 Å². The first kappa shape index (κ1) is 21.7. The summed E-state index contributed by atoms with van der Waals surface area (Å²) in [6.45, 7) is 2.13. The van der Waals surface area contributed by atoms with E-state index in [9.17, 15) is 18.0 Å². The van der Waals surface area contributed by atoms with E-state index in [4.69, 9.17) is 4.74 Å². The summed E-state index contributed by atoms with van der Waals surface area (Å²) < 4.78 is 45.2. The third-order valence-electron chi connectivity index (χ3n) is 4.21. The number of alkyl halides is 3. The van der Waals surface area contributed by atoms with E-state index in [-0.39, 0.29) is 11.5 Å². The molecule has 6 nitrogen and oxygen atoms in total. The molecule has 10 heteroatoms. The Kier molecular flexibility index (Phi) is 6.66. The number of rotatable bonds is 7. The molecule has 0 bridgehead atoms. The van der Waals surface area contributed by atoms with Gasteiger partial charge in [0.2, 0.25) is 5.82 Å². The van der Waals surface area contributed by atoms with E-state index in [1.165, 1.54) is 28.5 Å². The Labute approximate surface area is 175 Å². The van der Waals surface area contributed by atoms with Crippen molar-refractivity contribution in [1.82, 2.24) is 14.8 Å². The van der Waals surface area contributed by atoms with Gasteiger partial charge in [-0.05, 0) is 42.8 Å². The number of aromatic nitrogens is 3. The zero-order chi connectivity index (χ0) is 21.7. The average molecular weight is 436 g/mol. The van der Waals surface area contributed by atoms with Crippen LogP contribution in [-0.2, 0) is 18.5 Å². The molecule has 0 aliphatic rings. The summed E-state index contributed by atoms with van der Waals surface area (Å²) in [6.07, 6.45) is -4.48. The maximum absolute atomic E-state index is 12.9. The predicted molar refractivity (Wildman–Crippen MR) is 109 cm³/mol. The molecule has 0 saturated carbocycles. The van der Waals surface area contributed by atoms with Crippen LogP contribution in [-0.4, -0.2) is 21.9 Å². The number of nitrogens with one attached hydrogen (secondary N) is 1. The predicted octanol–water partition coefficient (Wildman–Crippen LogP) is 4.72. The number of thioether (sulfide) groups is 1. The van der Waals surface area contributed by atoms with E-state index in [0.717, 1.165) is 23.4 Å². The average Bonchev–Trinajstić information content (AvgIpc) is 2.74. The molecule has 0 fully saturated rings. The van der Waals surface area contributed by atoms with Crippen LogP contribution in [0, 0.1) is 0 Å². The van der Waals surface area contributed by atoms with Crippen molar-refractivity contribution in [2.24, 2.45) is 0 Å². The van der Waals surface area contributed by atoms with Gasteiger partial charge in [0.1, 0.15) is 5.75 Å². The molecule has 0 amide bonds. The molecule has 158 valence electrons. The van der Waals surface area contributed by atoms with Crippen LogP contribution in [0.25, 0.3) is 0 Å². The Hall–Kier alpha value is -3.01. The van der Waals surface area contributed by atoms with Crippen molar-refractivity contribution in [3.63, 3.8) is 0 Å². The second kappa shape index (κ2) is 9.21. The van der Waals surface area contributed by atoms with Gasteiger partial charge in [-0.3, -0.25) is 9.36 Å². The first-order valence-electron chi connectivity index (χ1n) is 8.99. The number of halogens is 3. The molecule has 0 aliphatic carbocycles. The molecule has 30 heavy (non-hydrogen) atoms. The summed E-state index contributed by atoms with van der Waals surface area (Å²) in [5.41, 5.74) is -0.147. The smallest absolute Gasteiger partial charge is 0.416 e. The van der Waals surface area contributed by atoms with Gasteiger partial charge in [-0.2, -0.15) is 13.2 Å². The van der Waals surface area contributed by atoms with Gasteiger partial charge in [0.25, 0.3) is 5.56 Å². The lowest BCUT2D eigenvalue weighted by Gasteiger charge is -2.12. The lowest BCUT2D eigenvalue weighted by molar-refractivity contribution is -0.137. The van der Waals surface area contributed by atoms with Crippen molar-refractivity contribution in [3.05, 3.63) is 70.0 Å². The Balaban J connectivity index is 1.79. The molecule has 1 aromatic heterocycles. The van der Waals surface area contributed by atoms with Gasteiger partial charge < -0.3 is 10.1 Å². The third kappa shape index (κ3) is 5.12. The SMILES string of the molecule is CCn1c(SCc2ccc(OC)cc2)nnc(Nc2cccc(C(F)(F)F)c2)c1=O.